The summed E-state index contributed by atoms with van der Waals surface area (Å²) in [7, 11) is 2.99. The predicted molar refractivity (Wildman–Crippen MR) is 85.2 cm³/mol. The number of nitrogens with zero attached hydrogens (tertiary/aromatic N) is 1. The average molecular weight is 332 g/mol. The minimum absolute atomic E-state index is 0.0749. The summed E-state index contributed by atoms with van der Waals surface area (Å²) in [4.78, 5) is 26.0. The van der Waals surface area contributed by atoms with Crippen LogP contribution < -0.4 is 9.47 Å². The fourth-order valence-corrected chi connectivity index (χ4v) is 2.90. The molecule has 3 rings (SSSR count). The molecule has 118 valence electrons. The number of carbonyl (C=O) groups is 2. The number of imide groups is 1. The Morgan fingerprint density at radius 2 is 1.57 bits per heavy atom. The zero-order chi connectivity index (χ0) is 16.6. The lowest BCUT2D eigenvalue weighted by Crippen LogP contribution is -2.29. The standard InChI is InChI=1S/C17H14ClNO4/c1-22-13-8-7-10(14(18)15(13)23-2)9-19-16(20)11-5-3-4-6-12(11)17(19)21/h3-8H,9H2,1-2H3. The van der Waals surface area contributed by atoms with Gasteiger partial charge in [0.25, 0.3) is 11.8 Å². The molecule has 0 saturated carbocycles. The van der Waals surface area contributed by atoms with Crippen molar-refractivity contribution in [3.63, 3.8) is 0 Å². The van der Waals surface area contributed by atoms with Crippen LogP contribution in [0.4, 0.5) is 0 Å². The molecule has 6 heteroatoms. The molecule has 0 bridgehead atoms. The first-order chi connectivity index (χ1) is 11.1. The van der Waals surface area contributed by atoms with Gasteiger partial charge in [0, 0.05) is 0 Å². The van der Waals surface area contributed by atoms with Crippen LogP contribution >= 0.6 is 11.6 Å². The zero-order valence-electron chi connectivity index (χ0n) is 12.6. The molecule has 1 heterocycles. The van der Waals surface area contributed by atoms with Gasteiger partial charge in [-0.1, -0.05) is 29.8 Å². The summed E-state index contributed by atoms with van der Waals surface area (Å²) in [5.74, 6) is 0.222. The van der Waals surface area contributed by atoms with Gasteiger partial charge in [-0.3, -0.25) is 14.5 Å². The number of fused-ring (bicyclic) bond motifs is 1. The van der Waals surface area contributed by atoms with E-state index in [9.17, 15) is 9.59 Å². The monoisotopic (exact) mass is 331 g/mol. The van der Waals surface area contributed by atoms with Gasteiger partial charge >= 0.3 is 0 Å². The minimum atomic E-state index is -0.323. The van der Waals surface area contributed by atoms with Crippen molar-refractivity contribution in [2.45, 2.75) is 6.54 Å². The van der Waals surface area contributed by atoms with E-state index in [4.69, 9.17) is 21.1 Å². The summed E-state index contributed by atoms with van der Waals surface area (Å²) in [5.41, 5.74) is 1.43. The van der Waals surface area contributed by atoms with Crippen LogP contribution in [-0.4, -0.2) is 30.9 Å². The van der Waals surface area contributed by atoms with Gasteiger partial charge in [0.05, 0.1) is 36.9 Å². The molecule has 2 aromatic rings. The highest BCUT2D eigenvalue weighted by Gasteiger charge is 2.35. The van der Waals surface area contributed by atoms with Gasteiger partial charge < -0.3 is 9.47 Å². The molecule has 0 radical (unpaired) electrons. The van der Waals surface area contributed by atoms with E-state index in [1.807, 2.05) is 0 Å². The number of rotatable bonds is 4. The van der Waals surface area contributed by atoms with E-state index in [0.717, 1.165) is 0 Å². The molecule has 0 saturated heterocycles. The maximum absolute atomic E-state index is 12.4. The molecule has 0 atom stereocenters. The molecule has 5 nitrogen and oxygen atoms in total. The summed E-state index contributed by atoms with van der Waals surface area (Å²) < 4.78 is 10.4. The lowest BCUT2D eigenvalue weighted by Gasteiger charge is -2.17. The molecule has 23 heavy (non-hydrogen) atoms. The van der Waals surface area contributed by atoms with Crippen molar-refractivity contribution in [1.82, 2.24) is 4.90 Å². The molecule has 0 aromatic heterocycles. The predicted octanol–water partition coefficient (Wildman–Crippen LogP) is 3.15. The van der Waals surface area contributed by atoms with Gasteiger partial charge in [-0.05, 0) is 23.8 Å². The first-order valence-electron chi connectivity index (χ1n) is 6.93. The molecule has 2 amide bonds. The van der Waals surface area contributed by atoms with E-state index in [1.165, 1.54) is 19.1 Å². The summed E-state index contributed by atoms with van der Waals surface area (Å²) in [6.07, 6.45) is 0. The molecule has 0 unspecified atom stereocenters. The maximum Gasteiger partial charge on any atom is 0.261 e. The number of ether oxygens (including phenoxy) is 2. The third-order valence-corrected chi connectivity index (χ3v) is 4.19. The summed E-state index contributed by atoms with van der Waals surface area (Å²) in [5, 5.41) is 0.323. The topological polar surface area (TPSA) is 55.8 Å². The summed E-state index contributed by atoms with van der Waals surface area (Å²) in [6, 6.07) is 10.2. The Morgan fingerprint density at radius 3 is 2.09 bits per heavy atom. The molecule has 2 aromatic carbocycles. The van der Waals surface area contributed by atoms with Crippen LogP contribution in [0.15, 0.2) is 36.4 Å². The third kappa shape index (κ3) is 2.43. The number of carbonyl (C=O) groups excluding carboxylic acids is 2. The Hall–Kier alpha value is -2.53. The van der Waals surface area contributed by atoms with Crippen molar-refractivity contribution in [2.75, 3.05) is 14.2 Å². The number of benzene rings is 2. The normalized spacial score (nSPS) is 13.3. The van der Waals surface area contributed by atoms with E-state index in [2.05, 4.69) is 0 Å². The molecule has 0 fully saturated rings. The van der Waals surface area contributed by atoms with Gasteiger partial charge in [-0.25, -0.2) is 0 Å². The Labute approximate surface area is 138 Å². The van der Waals surface area contributed by atoms with Gasteiger partial charge in [0.15, 0.2) is 11.5 Å². The quantitative estimate of drug-likeness (QED) is 0.808. The lowest BCUT2D eigenvalue weighted by atomic mass is 10.1. The van der Waals surface area contributed by atoms with E-state index in [1.54, 1.807) is 36.4 Å². The van der Waals surface area contributed by atoms with Gasteiger partial charge in [0.1, 0.15) is 0 Å². The molecule has 0 N–H and O–H groups in total. The lowest BCUT2D eigenvalue weighted by molar-refractivity contribution is 0.0642. The second kappa shape index (κ2) is 5.93. The number of methoxy groups -OCH3 is 2. The van der Waals surface area contributed by atoms with Crippen LogP contribution in [0.1, 0.15) is 26.3 Å². The first kappa shape index (κ1) is 15.4. The Bertz CT molecular complexity index is 768. The van der Waals surface area contributed by atoms with Crippen LogP contribution in [0.25, 0.3) is 0 Å². The van der Waals surface area contributed by atoms with Crippen molar-refractivity contribution in [3.8, 4) is 11.5 Å². The largest absolute Gasteiger partial charge is 0.493 e. The molecule has 1 aliphatic rings. The van der Waals surface area contributed by atoms with Crippen LogP contribution in [0.3, 0.4) is 0 Å². The van der Waals surface area contributed by atoms with Crippen molar-refractivity contribution in [2.24, 2.45) is 0 Å². The van der Waals surface area contributed by atoms with E-state index < -0.39 is 0 Å². The molecule has 0 aliphatic carbocycles. The Kier molecular flexibility index (Phi) is 3.96. The highest BCUT2D eigenvalue weighted by Crippen LogP contribution is 2.38. The Morgan fingerprint density at radius 1 is 0.957 bits per heavy atom. The van der Waals surface area contributed by atoms with Gasteiger partial charge in [-0.15, -0.1) is 0 Å². The number of hydrogen-bond donors (Lipinski definition) is 0. The van der Waals surface area contributed by atoms with Crippen molar-refractivity contribution >= 4 is 23.4 Å². The van der Waals surface area contributed by atoms with Crippen LogP contribution in [0.2, 0.25) is 5.02 Å². The van der Waals surface area contributed by atoms with Gasteiger partial charge in [0.2, 0.25) is 0 Å². The molecule has 1 aliphatic heterocycles. The Balaban J connectivity index is 1.95. The van der Waals surface area contributed by atoms with E-state index in [-0.39, 0.29) is 18.4 Å². The van der Waals surface area contributed by atoms with Crippen molar-refractivity contribution in [3.05, 3.63) is 58.1 Å². The molecular weight excluding hydrogens is 318 g/mol. The maximum atomic E-state index is 12.4. The van der Waals surface area contributed by atoms with Crippen molar-refractivity contribution in [1.29, 1.82) is 0 Å². The second-order valence-corrected chi connectivity index (χ2v) is 5.39. The first-order valence-corrected chi connectivity index (χ1v) is 7.30. The van der Waals surface area contributed by atoms with Crippen LogP contribution in [0, 0.1) is 0 Å². The van der Waals surface area contributed by atoms with E-state index >= 15 is 0 Å². The number of halogens is 1. The zero-order valence-corrected chi connectivity index (χ0v) is 13.4. The highest BCUT2D eigenvalue weighted by molar-refractivity contribution is 6.33. The smallest absolute Gasteiger partial charge is 0.261 e. The van der Waals surface area contributed by atoms with Gasteiger partial charge in [-0.2, -0.15) is 0 Å². The SMILES string of the molecule is COc1ccc(CN2C(=O)c3ccccc3C2=O)c(Cl)c1OC. The molecule has 0 spiro atoms. The second-order valence-electron chi connectivity index (χ2n) is 5.02. The highest BCUT2D eigenvalue weighted by atomic mass is 35.5. The third-order valence-electron chi connectivity index (χ3n) is 3.77. The van der Waals surface area contributed by atoms with Crippen LogP contribution in [0.5, 0.6) is 11.5 Å². The number of amides is 2. The van der Waals surface area contributed by atoms with Crippen molar-refractivity contribution < 1.29 is 19.1 Å². The summed E-state index contributed by atoms with van der Waals surface area (Å²) in [6.45, 7) is 0.0749. The fraction of sp³-hybridized carbons (Fsp3) is 0.176. The number of hydrogen-bond acceptors (Lipinski definition) is 4. The molecular formula is C17H14ClNO4. The van der Waals surface area contributed by atoms with E-state index in [0.29, 0.717) is 33.2 Å². The summed E-state index contributed by atoms with van der Waals surface area (Å²) >= 11 is 6.32. The average Bonchev–Trinajstić information content (AvgIpc) is 2.81. The minimum Gasteiger partial charge on any atom is -0.493 e. The fourth-order valence-electron chi connectivity index (χ4n) is 2.61. The van der Waals surface area contributed by atoms with Crippen LogP contribution in [-0.2, 0) is 6.54 Å².